The summed E-state index contributed by atoms with van der Waals surface area (Å²) in [5.74, 6) is -0.578. The van der Waals surface area contributed by atoms with Gasteiger partial charge in [0.2, 0.25) is 0 Å². The molecule has 196 valence electrons. The van der Waals surface area contributed by atoms with Crippen LogP contribution in [0.5, 0.6) is 0 Å². The maximum atomic E-state index is 13.3. The molecule has 1 aliphatic heterocycles. The van der Waals surface area contributed by atoms with E-state index < -0.39 is 17.1 Å². The van der Waals surface area contributed by atoms with E-state index in [9.17, 15) is 29.4 Å². The predicted molar refractivity (Wildman–Crippen MR) is 138 cm³/mol. The van der Waals surface area contributed by atoms with Gasteiger partial charge in [-0.1, -0.05) is 35.4 Å². The van der Waals surface area contributed by atoms with Gasteiger partial charge in [0.25, 0.3) is 0 Å². The molecule has 4 atom stereocenters. The Morgan fingerprint density at radius 3 is 2.38 bits per heavy atom. The Hall–Kier alpha value is -0.780. The first-order valence-corrected chi connectivity index (χ1v) is 14.4. The highest BCUT2D eigenvalue weighted by Gasteiger charge is 2.37. The Labute approximate surface area is 211 Å². The van der Waals surface area contributed by atoms with Gasteiger partial charge in [-0.3, -0.25) is 19.2 Å². The Morgan fingerprint density at radius 1 is 1.15 bits per heavy atom. The summed E-state index contributed by atoms with van der Waals surface area (Å²) in [7, 11) is 4.58. The lowest BCUT2D eigenvalue weighted by Gasteiger charge is -2.21. The van der Waals surface area contributed by atoms with Gasteiger partial charge in [-0.25, -0.2) is 0 Å². The molecule has 8 nitrogen and oxygen atoms in total. The standard InChI is InChI=1S/C24H42N2O6S2/c1-15(2)9-21(31)22-11-18(24(32)23(34-33-22)10-17(13-27)14-28)5-6-19(30)12-26-20(16(3)29)7-8-25-4/h15,17-18,20,22-23,25-28H,5-14H2,1-4H3/t18-,20+,22?,23?/m1/s1. The van der Waals surface area contributed by atoms with Crippen molar-refractivity contribution >= 4 is 44.7 Å². The molecule has 1 rings (SSSR count). The molecule has 0 aromatic rings. The van der Waals surface area contributed by atoms with Crippen molar-refractivity contribution in [2.45, 2.75) is 75.8 Å². The lowest BCUT2D eigenvalue weighted by molar-refractivity contribution is -0.124. The third-order valence-corrected chi connectivity index (χ3v) is 9.21. The molecule has 0 spiro atoms. The fraction of sp³-hybridized carbons (Fsp3) is 0.833. The van der Waals surface area contributed by atoms with Crippen LogP contribution in [0.4, 0.5) is 0 Å². The number of carbonyl (C=O) groups is 4. The van der Waals surface area contributed by atoms with Gasteiger partial charge in [-0.05, 0) is 52.1 Å². The first-order chi connectivity index (χ1) is 16.1. The lowest BCUT2D eigenvalue weighted by Crippen LogP contribution is -2.40. The number of ketones is 4. The molecule has 0 aromatic heterocycles. The zero-order valence-corrected chi connectivity index (χ0v) is 22.5. The van der Waals surface area contributed by atoms with E-state index in [0.717, 1.165) is 0 Å². The van der Waals surface area contributed by atoms with E-state index in [2.05, 4.69) is 10.6 Å². The van der Waals surface area contributed by atoms with Crippen LogP contribution in [0, 0.1) is 17.8 Å². The zero-order chi connectivity index (χ0) is 25.7. The van der Waals surface area contributed by atoms with Gasteiger partial charge >= 0.3 is 0 Å². The van der Waals surface area contributed by atoms with E-state index in [0.29, 0.717) is 38.6 Å². The van der Waals surface area contributed by atoms with Gasteiger partial charge in [0.1, 0.15) is 23.1 Å². The van der Waals surface area contributed by atoms with Crippen LogP contribution >= 0.6 is 21.6 Å². The molecule has 34 heavy (non-hydrogen) atoms. The fourth-order valence-electron chi connectivity index (χ4n) is 3.90. The summed E-state index contributed by atoms with van der Waals surface area (Å²) < 4.78 is 0. The van der Waals surface area contributed by atoms with E-state index in [1.807, 2.05) is 13.8 Å². The first-order valence-electron chi connectivity index (χ1n) is 12.1. The summed E-state index contributed by atoms with van der Waals surface area (Å²) in [6, 6.07) is -0.389. The van der Waals surface area contributed by atoms with Gasteiger partial charge in [0, 0.05) is 37.9 Å². The van der Waals surface area contributed by atoms with Crippen molar-refractivity contribution in [3.8, 4) is 0 Å². The van der Waals surface area contributed by atoms with Gasteiger partial charge in [-0.2, -0.15) is 0 Å². The Bertz CT molecular complexity index is 672. The average Bonchev–Trinajstić information content (AvgIpc) is 2.94. The largest absolute Gasteiger partial charge is 0.396 e. The van der Waals surface area contributed by atoms with Crippen molar-refractivity contribution in [2.24, 2.45) is 17.8 Å². The number of carbonyl (C=O) groups excluding carboxylic acids is 4. The van der Waals surface area contributed by atoms with Crippen molar-refractivity contribution in [3.63, 3.8) is 0 Å². The van der Waals surface area contributed by atoms with E-state index >= 15 is 0 Å². The molecule has 0 aliphatic carbocycles. The highest BCUT2D eigenvalue weighted by molar-refractivity contribution is 8.77. The molecular weight excluding hydrogens is 476 g/mol. The van der Waals surface area contributed by atoms with Crippen LogP contribution < -0.4 is 10.6 Å². The van der Waals surface area contributed by atoms with Gasteiger partial charge in [0.15, 0.2) is 0 Å². The highest BCUT2D eigenvalue weighted by Crippen LogP contribution is 2.43. The minimum atomic E-state index is -0.437. The third kappa shape index (κ3) is 11.3. The van der Waals surface area contributed by atoms with Crippen LogP contribution in [0.3, 0.4) is 0 Å². The van der Waals surface area contributed by atoms with Crippen molar-refractivity contribution in [3.05, 3.63) is 0 Å². The summed E-state index contributed by atoms with van der Waals surface area (Å²) in [5, 5.41) is 24.2. The van der Waals surface area contributed by atoms with Crippen molar-refractivity contribution in [1.29, 1.82) is 0 Å². The second kappa shape index (κ2) is 16.8. The van der Waals surface area contributed by atoms with Gasteiger partial charge < -0.3 is 20.8 Å². The number of rotatable bonds is 17. The first kappa shape index (κ1) is 31.3. The maximum absolute atomic E-state index is 13.3. The topological polar surface area (TPSA) is 133 Å². The number of aliphatic hydroxyl groups is 2. The minimum absolute atomic E-state index is 0.0133. The molecule has 0 bridgehead atoms. The molecule has 0 aromatic carbocycles. The van der Waals surface area contributed by atoms with E-state index in [1.54, 1.807) is 7.05 Å². The molecule has 0 radical (unpaired) electrons. The maximum Gasteiger partial charge on any atom is 0.149 e. The second-order valence-corrected chi connectivity index (χ2v) is 12.2. The normalized spacial score (nSPS) is 22.1. The average molecular weight is 519 g/mol. The molecule has 4 N–H and O–H groups in total. The lowest BCUT2D eigenvalue weighted by atomic mass is 9.86. The molecular formula is C24H42N2O6S2. The smallest absolute Gasteiger partial charge is 0.149 e. The summed E-state index contributed by atoms with van der Waals surface area (Å²) in [6.45, 7) is 5.78. The number of aliphatic hydroxyl groups excluding tert-OH is 2. The molecule has 1 aliphatic rings. The molecule has 1 fully saturated rings. The van der Waals surface area contributed by atoms with Crippen LogP contribution in [-0.4, -0.2) is 83.2 Å². The van der Waals surface area contributed by atoms with Gasteiger partial charge in [0.05, 0.1) is 23.1 Å². The minimum Gasteiger partial charge on any atom is -0.396 e. The van der Waals surface area contributed by atoms with Crippen molar-refractivity contribution < 1.29 is 29.4 Å². The monoisotopic (exact) mass is 518 g/mol. The molecule has 1 heterocycles. The molecule has 0 saturated carbocycles. The number of Topliss-reactive ketones (excluding diaryl/α,β-unsaturated/α-hetero) is 4. The summed E-state index contributed by atoms with van der Waals surface area (Å²) in [6.07, 6.45) is 2.32. The van der Waals surface area contributed by atoms with Crippen LogP contribution in [-0.2, 0) is 19.2 Å². The highest BCUT2D eigenvalue weighted by atomic mass is 33.1. The van der Waals surface area contributed by atoms with E-state index in [-0.39, 0.29) is 66.5 Å². The SMILES string of the molecule is CNCC[C@H](NCC(=O)CC[C@@H]1CC(C(=O)CC(C)C)SSC(CC(CO)CO)C1=O)C(C)=O. The fourth-order valence-corrected chi connectivity index (χ4v) is 7.20. The van der Waals surface area contributed by atoms with Crippen molar-refractivity contribution in [1.82, 2.24) is 10.6 Å². The number of hydrogen-bond donors (Lipinski definition) is 4. The molecule has 2 unspecified atom stereocenters. The van der Waals surface area contributed by atoms with Crippen LogP contribution in [0.2, 0.25) is 0 Å². The molecule has 0 amide bonds. The third-order valence-electron chi connectivity index (χ3n) is 6.03. The van der Waals surface area contributed by atoms with Crippen molar-refractivity contribution in [2.75, 3.05) is 33.4 Å². The summed E-state index contributed by atoms with van der Waals surface area (Å²) in [4.78, 5) is 50.4. The molecule has 1 saturated heterocycles. The van der Waals surface area contributed by atoms with Gasteiger partial charge in [-0.15, -0.1) is 0 Å². The van der Waals surface area contributed by atoms with E-state index in [1.165, 1.54) is 28.5 Å². The predicted octanol–water partition coefficient (Wildman–Crippen LogP) is 1.81. The zero-order valence-electron chi connectivity index (χ0n) is 20.9. The summed E-state index contributed by atoms with van der Waals surface area (Å²) in [5.41, 5.74) is 0. The summed E-state index contributed by atoms with van der Waals surface area (Å²) >= 11 is 0. The Kier molecular flexibility index (Phi) is 15.5. The Balaban J connectivity index is 2.81. The molecule has 10 heteroatoms. The van der Waals surface area contributed by atoms with Crippen LogP contribution in [0.1, 0.15) is 59.3 Å². The second-order valence-electron chi connectivity index (χ2n) is 9.55. The van der Waals surface area contributed by atoms with E-state index in [4.69, 9.17) is 0 Å². The number of nitrogens with one attached hydrogen (secondary N) is 2. The van der Waals surface area contributed by atoms with Crippen LogP contribution in [0.15, 0.2) is 0 Å². The van der Waals surface area contributed by atoms with Crippen LogP contribution in [0.25, 0.3) is 0 Å². The quantitative estimate of drug-likeness (QED) is 0.211. The Morgan fingerprint density at radius 2 is 1.82 bits per heavy atom. The number of hydrogen-bond acceptors (Lipinski definition) is 10.